The van der Waals surface area contributed by atoms with E-state index in [0.717, 1.165) is 25.4 Å². The van der Waals surface area contributed by atoms with Gasteiger partial charge in [0, 0.05) is 13.1 Å². The van der Waals surface area contributed by atoms with Gasteiger partial charge in [0.05, 0.1) is 6.61 Å². The molecule has 0 spiro atoms. The molecule has 108 valence electrons. The molecule has 0 atom stereocenters. The first-order valence-corrected chi connectivity index (χ1v) is 7.20. The molecule has 0 aliphatic carbocycles. The van der Waals surface area contributed by atoms with E-state index in [9.17, 15) is 0 Å². The minimum Gasteiger partial charge on any atom is -0.492 e. The topological polar surface area (TPSA) is 32.7 Å². The predicted octanol–water partition coefficient (Wildman–Crippen LogP) is 2.78. The lowest BCUT2D eigenvalue weighted by atomic mass is 10.1. The van der Waals surface area contributed by atoms with Gasteiger partial charge in [-0.15, -0.1) is 0 Å². The van der Waals surface area contributed by atoms with Crippen LogP contribution in [0.1, 0.15) is 30.9 Å². The third-order valence-corrected chi connectivity index (χ3v) is 3.25. The van der Waals surface area contributed by atoms with E-state index in [1.807, 2.05) is 0 Å². The van der Waals surface area contributed by atoms with Gasteiger partial charge >= 0.3 is 0 Å². The van der Waals surface area contributed by atoms with Gasteiger partial charge in [0.1, 0.15) is 12.4 Å². The second-order valence-electron chi connectivity index (χ2n) is 5.04. The maximum atomic E-state index is 9.05. The summed E-state index contributed by atoms with van der Waals surface area (Å²) in [5, 5.41) is 9.05. The van der Waals surface area contributed by atoms with Crippen molar-refractivity contribution < 1.29 is 9.84 Å². The molecule has 0 fully saturated rings. The van der Waals surface area contributed by atoms with E-state index >= 15 is 0 Å². The molecule has 1 rings (SSSR count). The summed E-state index contributed by atoms with van der Waals surface area (Å²) < 4.78 is 5.85. The van der Waals surface area contributed by atoms with Crippen molar-refractivity contribution in [2.75, 3.05) is 32.8 Å². The van der Waals surface area contributed by atoms with Crippen molar-refractivity contribution in [2.24, 2.45) is 0 Å². The first kappa shape index (κ1) is 16.0. The lowest BCUT2D eigenvalue weighted by Gasteiger charge is -2.21. The third kappa shape index (κ3) is 6.08. The fraction of sp³-hybridized carbons (Fsp3) is 0.625. The minimum absolute atomic E-state index is 0.215. The second-order valence-corrected chi connectivity index (χ2v) is 5.04. The zero-order valence-corrected chi connectivity index (χ0v) is 12.5. The van der Waals surface area contributed by atoms with Crippen LogP contribution in [0, 0.1) is 13.8 Å². The van der Waals surface area contributed by atoms with Gasteiger partial charge in [-0.25, -0.2) is 0 Å². The van der Waals surface area contributed by atoms with Crippen LogP contribution in [0.2, 0.25) is 0 Å². The normalized spacial score (nSPS) is 11.0. The highest BCUT2D eigenvalue weighted by molar-refractivity contribution is 5.35. The van der Waals surface area contributed by atoms with Crippen LogP contribution in [0.15, 0.2) is 18.2 Å². The number of ether oxygens (including phenoxy) is 1. The molecule has 0 bridgehead atoms. The van der Waals surface area contributed by atoms with E-state index in [0.29, 0.717) is 6.61 Å². The zero-order valence-electron chi connectivity index (χ0n) is 12.5. The number of aliphatic hydroxyl groups excluding tert-OH is 1. The summed E-state index contributed by atoms with van der Waals surface area (Å²) in [5.41, 5.74) is 2.40. The second kappa shape index (κ2) is 8.94. The van der Waals surface area contributed by atoms with E-state index in [2.05, 4.69) is 43.9 Å². The Morgan fingerprint density at radius 3 is 2.63 bits per heavy atom. The monoisotopic (exact) mass is 265 g/mol. The molecule has 0 radical (unpaired) electrons. The van der Waals surface area contributed by atoms with Crippen LogP contribution in [-0.2, 0) is 0 Å². The summed E-state index contributed by atoms with van der Waals surface area (Å²) in [4.78, 5) is 2.26. The minimum atomic E-state index is 0.215. The predicted molar refractivity (Wildman–Crippen MR) is 79.8 cm³/mol. The van der Waals surface area contributed by atoms with Gasteiger partial charge in [-0.05, 0) is 44.0 Å². The number of nitrogens with zero attached hydrogens (tertiary/aromatic N) is 1. The number of aryl methyl sites for hydroxylation is 2. The molecule has 0 amide bonds. The molecular weight excluding hydrogens is 238 g/mol. The summed E-state index contributed by atoms with van der Waals surface area (Å²) in [7, 11) is 0. The van der Waals surface area contributed by atoms with Gasteiger partial charge in [0.25, 0.3) is 0 Å². The van der Waals surface area contributed by atoms with E-state index in [4.69, 9.17) is 9.84 Å². The lowest BCUT2D eigenvalue weighted by molar-refractivity contribution is 0.166. The molecule has 19 heavy (non-hydrogen) atoms. The molecule has 1 aromatic rings. The fourth-order valence-corrected chi connectivity index (χ4v) is 2.01. The summed E-state index contributed by atoms with van der Waals surface area (Å²) in [6, 6.07) is 6.27. The lowest BCUT2D eigenvalue weighted by Crippen LogP contribution is -2.32. The van der Waals surface area contributed by atoms with Crippen LogP contribution in [0.25, 0.3) is 0 Å². The van der Waals surface area contributed by atoms with E-state index in [1.54, 1.807) is 0 Å². The van der Waals surface area contributed by atoms with Gasteiger partial charge in [-0.1, -0.05) is 25.5 Å². The van der Waals surface area contributed by atoms with E-state index in [1.165, 1.54) is 24.0 Å². The maximum absolute atomic E-state index is 9.05. The highest BCUT2D eigenvalue weighted by Gasteiger charge is 2.05. The Labute approximate surface area is 117 Å². The standard InChI is InChI=1S/C16H27NO2/c1-4-5-8-17(9-11-18)10-12-19-16-13-14(2)6-7-15(16)3/h6-7,13,18H,4-5,8-12H2,1-3H3. The molecule has 3 nitrogen and oxygen atoms in total. The Bertz CT molecular complexity index is 366. The summed E-state index contributed by atoms with van der Waals surface area (Å²) in [5.74, 6) is 0.972. The first-order valence-electron chi connectivity index (χ1n) is 7.20. The largest absolute Gasteiger partial charge is 0.492 e. The Morgan fingerprint density at radius 2 is 1.95 bits per heavy atom. The van der Waals surface area contributed by atoms with Crippen LogP contribution in [0.5, 0.6) is 5.75 Å². The highest BCUT2D eigenvalue weighted by Crippen LogP contribution is 2.18. The van der Waals surface area contributed by atoms with E-state index < -0.39 is 0 Å². The number of unbranched alkanes of at least 4 members (excludes halogenated alkanes) is 1. The molecule has 0 aliphatic heterocycles. The van der Waals surface area contributed by atoms with Crippen LogP contribution in [-0.4, -0.2) is 42.9 Å². The van der Waals surface area contributed by atoms with Gasteiger partial charge < -0.3 is 9.84 Å². The molecule has 0 unspecified atom stereocenters. The third-order valence-electron chi connectivity index (χ3n) is 3.25. The molecule has 0 heterocycles. The zero-order chi connectivity index (χ0) is 14.1. The molecule has 0 aliphatic rings. The molecule has 0 aromatic heterocycles. The average Bonchev–Trinajstić information content (AvgIpc) is 2.40. The highest BCUT2D eigenvalue weighted by atomic mass is 16.5. The van der Waals surface area contributed by atoms with Crippen LogP contribution >= 0.6 is 0 Å². The number of hydrogen-bond acceptors (Lipinski definition) is 3. The van der Waals surface area contributed by atoms with Gasteiger partial charge in [-0.3, -0.25) is 4.90 Å². The number of rotatable bonds is 9. The van der Waals surface area contributed by atoms with Crippen molar-refractivity contribution >= 4 is 0 Å². The van der Waals surface area contributed by atoms with Gasteiger partial charge in [0.2, 0.25) is 0 Å². The quantitative estimate of drug-likeness (QED) is 0.745. The van der Waals surface area contributed by atoms with Gasteiger partial charge in [0.15, 0.2) is 0 Å². The Kier molecular flexibility index (Phi) is 7.53. The van der Waals surface area contributed by atoms with Crippen molar-refractivity contribution in [1.29, 1.82) is 0 Å². The van der Waals surface area contributed by atoms with Crippen LogP contribution < -0.4 is 4.74 Å². The number of hydrogen-bond donors (Lipinski definition) is 1. The molecular formula is C16H27NO2. The average molecular weight is 265 g/mol. The fourth-order valence-electron chi connectivity index (χ4n) is 2.01. The van der Waals surface area contributed by atoms with Crippen LogP contribution in [0.4, 0.5) is 0 Å². The molecule has 0 saturated carbocycles. The van der Waals surface area contributed by atoms with Gasteiger partial charge in [-0.2, -0.15) is 0 Å². The molecule has 1 N–H and O–H groups in total. The number of benzene rings is 1. The Balaban J connectivity index is 2.40. The van der Waals surface area contributed by atoms with E-state index in [-0.39, 0.29) is 6.61 Å². The van der Waals surface area contributed by atoms with Crippen molar-refractivity contribution in [2.45, 2.75) is 33.6 Å². The summed E-state index contributed by atoms with van der Waals surface area (Å²) in [6.07, 6.45) is 2.35. The Hall–Kier alpha value is -1.06. The van der Waals surface area contributed by atoms with Crippen molar-refractivity contribution in [3.8, 4) is 5.75 Å². The SMILES string of the molecule is CCCCN(CCO)CCOc1cc(C)ccc1C. The van der Waals surface area contributed by atoms with Crippen molar-refractivity contribution in [3.63, 3.8) is 0 Å². The van der Waals surface area contributed by atoms with Crippen molar-refractivity contribution in [3.05, 3.63) is 29.3 Å². The first-order chi connectivity index (χ1) is 9.17. The Morgan fingerprint density at radius 1 is 1.16 bits per heavy atom. The van der Waals surface area contributed by atoms with Crippen molar-refractivity contribution in [1.82, 2.24) is 4.90 Å². The number of aliphatic hydroxyl groups is 1. The smallest absolute Gasteiger partial charge is 0.122 e. The maximum Gasteiger partial charge on any atom is 0.122 e. The summed E-state index contributed by atoms with van der Waals surface area (Å²) in [6.45, 7) is 9.85. The molecule has 3 heteroatoms. The van der Waals surface area contributed by atoms with Crippen LogP contribution in [0.3, 0.4) is 0 Å². The molecule has 0 saturated heterocycles. The molecule has 1 aromatic carbocycles. The summed E-state index contributed by atoms with van der Waals surface area (Å²) >= 11 is 0.